The summed E-state index contributed by atoms with van der Waals surface area (Å²) in [6.07, 6.45) is 0.941. The summed E-state index contributed by atoms with van der Waals surface area (Å²) in [4.78, 5) is 23.5. The quantitative estimate of drug-likeness (QED) is 0.563. The van der Waals surface area contributed by atoms with Gasteiger partial charge in [0, 0.05) is 6.54 Å². The van der Waals surface area contributed by atoms with E-state index in [1.54, 1.807) is 12.1 Å². The van der Waals surface area contributed by atoms with Gasteiger partial charge < -0.3 is 21.7 Å². The molecular formula is C14H21FN4O2. The van der Waals surface area contributed by atoms with E-state index in [-0.39, 0.29) is 18.8 Å². The SMILES string of the molecule is CCCNCc1cccc(F)c1N(CC(N)=O)CC(N)=O. The van der Waals surface area contributed by atoms with E-state index in [0.29, 0.717) is 12.1 Å². The lowest BCUT2D eigenvalue weighted by molar-refractivity contribution is -0.117. The molecule has 0 aliphatic rings. The number of nitrogens with one attached hydrogen (secondary N) is 1. The van der Waals surface area contributed by atoms with Crippen molar-refractivity contribution in [3.05, 3.63) is 29.6 Å². The molecule has 0 spiro atoms. The molecule has 5 N–H and O–H groups in total. The molecule has 116 valence electrons. The second-order valence-electron chi connectivity index (χ2n) is 4.71. The molecule has 1 aromatic carbocycles. The molecule has 0 aliphatic carbocycles. The van der Waals surface area contributed by atoms with Crippen LogP contribution in [0.3, 0.4) is 0 Å². The fraction of sp³-hybridized carbons (Fsp3) is 0.429. The van der Waals surface area contributed by atoms with E-state index < -0.39 is 17.6 Å². The number of carbonyl (C=O) groups is 2. The van der Waals surface area contributed by atoms with Crippen LogP contribution in [0.1, 0.15) is 18.9 Å². The normalized spacial score (nSPS) is 10.4. The Hall–Kier alpha value is -2.15. The zero-order valence-electron chi connectivity index (χ0n) is 12.1. The van der Waals surface area contributed by atoms with E-state index in [0.717, 1.165) is 13.0 Å². The summed E-state index contributed by atoms with van der Waals surface area (Å²) >= 11 is 0. The lowest BCUT2D eigenvalue weighted by Crippen LogP contribution is -2.40. The van der Waals surface area contributed by atoms with Crippen molar-refractivity contribution >= 4 is 17.5 Å². The predicted molar refractivity (Wildman–Crippen MR) is 79.0 cm³/mol. The van der Waals surface area contributed by atoms with Gasteiger partial charge in [0.15, 0.2) is 0 Å². The van der Waals surface area contributed by atoms with Crippen LogP contribution in [-0.2, 0) is 16.1 Å². The minimum absolute atomic E-state index is 0.179. The molecule has 0 atom stereocenters. The Bertz CT molecular complexity index is 492. The molecule has 0 bridgehead atoms. The van der Waals surface area contributed by atoms with Gasteiger partial charge in [-0.25, -0.2) is 4.39 Å². The fourth-order valence-electron chi connectivity index (χ4n) is 2.05. The first-order valence-corrected chi connectivity index (χ1v) is 6.75. The molecule has 7 heteroatoms. The Morgan fingerprint density at radius 2 is 1.86 bits per heavy atom. The molecule has 0 aromatic heterocycles. The maximum atomic E-state index is 14.1. The number of carbonyl (C=O) groups excluding carboxylic acids is 2. The molecule has 0 radical (unpaired) electrons. The topological polar surface area (TPSA) is 101 Å². The van der Waals surface area contributed by atoms with Crippen LogP contribution >= 0.6 is 0 Å². The Balaban J connectivity index is 3.08. The number of nitrogens with zero attached hydrogens (tertiary/aromatic N) is 1. The number of amides is 2. The summed E-state index contributed by atoms with van der Waals surface area (Å²) in [7, 11) is 0. The molecule has 0 saturated carbocycles. The highest BCUT2D eigenvalue weighted by Gasteiger charge is 2.19. The number of primary amides is 2. The first kappa shape index (κ1) is 16.9. The van der Waals surface area contributed by atoms with Gasteiger partial charge in [0.2, 0.25) is 11.8 Å². The summed E-state index contributed by atoms with van der Waals surface area (Å²) in [5.41, 5.74) is 11.1. The maximum Gasteiger partial charge on any atom is 0.236 e. The van der Waals surface area contributed by atoms with Crippen LogP contribution in [0, 0.1) is 5.82 Å². The minimum atomic E-state index is -0.660. The molecular weight excluding hydrogens is 275 g/mol. The zero-order valence-corrected chi connectivity index (χ0v) is 12.1. The first-order chi connectivity index (χ1) is 9.95. The van der Waals surface area contributed by atoms with Gasteiger partial charge in [0.1, 0.15) is 5.82 Å². The molecule has 0 saturated heterocycles. The van der Waals surface area contributed by atoms with Gasteiger partial charge in [-0.2, -0.15) is 0 Å². The van der Waals surface area contributed by atoms with Crippen LogP contribution in [0.2, 0.25) is 0 Å². The highest BCUT2D eigenvalue weighted by molar-refractivity contribution is 5.85. The largest absolute Gasteiger partial charge is 0.368 e. The zero-order chi connectivity index (χ0) is 15.8. The van der Waals surface area contributed by atoms with Crippen molar-refractivity contribution in [3.63, 3.8) is 0 Å². The molecule has 0 heterocycles. The van der Waals surface area contributed by atoms with Gasteiger partial charge in [-0.05, 0) is 24.6 Å². The number of para-hydroxylation sites is 1. The molecule has 2 amide bonds. The summed E-state index contributed by atoms with van der Waals surface area (Å²) in [5.74, 6) is -1.84. The summed E-state index contributed by atoms with van der Waals surface area (Å²) in [6.45, 7) is 2.68. The molecule has 1 aromatic rings. The lowest BCUT2D eigenvalue weighted by atomic mass is 10.1. The number of halogens is 1. The third-order valence-electron chi connectivity index (χ3n) is 2.82. The third kappa shape index (κ3) is 5.39. The van der Waals surface area contributed by atoms with Crippen LogP contribution in [0.15, 0.2) is 18.2 Å². The summed E-state index contributed by atoms with van der Waals surface area (Å²) < 4.78 is 14.1. The molecule has 1 rings (SSSR count). The smallest absolute Gasteiger partial charge is 0.236 e. The third-order valence-corrected chi connectivity index (χ3v) is 2.82. The highest BCUT2D eigenvalue weighted by atomic mass is 19.1. The van der Waals surface area contributed by atoms with Crippen LogP contribution in [-0.4, -0.2) is 31.4 Å². The number of rotatable bonds is 9. The predicted octanol–water partition coefficient (Wildman–Crippen LogP) is 0.102. The monoisotopic (exact) mass is 296 g/mol. The fourth-order valence-corrected chi connectivity index (χ4v) is 2.05. The second kappa shape index (κ2) is 8.21. The summed E-state index contributed by atoms with van der Waals surface area (Å²) in [6, 6.07) is 4.58. The standard InChI is InChI=1S/C14H21FN4O2/c1-2-6-18-7-10-4-3-5-11(15)14(10)19(8-12(16)20)9-13(17)21/h3-5,18H,2,6-9H2,1H3,(H2,16,20)(H2,17,21). The van der Waals surface area contributed by atoms with Crippen molar-refractivity contribution in [2.75, 3.05) is 24.5 Å². The highest BCUT2D eigenvalue weighted by Crippen LogP contribution is 2.24. The van der Waals surface area contributed by atoms with Gasteiger partial charge in [-0.1, -0.05) is 19.1 Å². The Labute approximate surface area is 123 Å². The Morgan fingerprint density at radius 1 is 1.24 bits per heavy atom. The van der Waals surface area contributed by atoms with E-state index >= 15 is 0 Å². The van der Waals surface area contributed by atoms with E-state index in [1.807, 2.05) is 6.92 Å². The molecule has 21 heavy (non-hydrogen) atoms. The van der Waals surface area contributed by atoms with Gasteiger partial charge >= 0.3 is 0 Å². The first-order valence-electron chi connectivity index (χ1n) is 6.75. The number of benzene rings is 1. The van der Waals surface area contributed by atoms with E-state index in [4.69, 9.17) is 11.5 Å². The molecule has 0 fully saturated rings. The Kier molecular flexibility index (Phi) is 6.61. The average Bonchev–Trinajstić information content (AvgIpc) is 2.37. The maximum absolute atomic E-state index is 14.1. The van der Waals surface area contributed by atoms with E-state index in [1.165, 1.54) is 11.0 Å². The van der Waals surface area contributed by atoms with Crippen molar-refractivity contribution in [3.8, 4) is 0 Å². The van der Waals surface area contributed by atoms with Crippen molar-refractivity contribution in [1.29, 1.82) is 0 Å². The van der Waals surface area contributed by atoms with Crippen LogP contribution < -0.4 is 21.7 Å². The number of hydrogen-bond acceptors (Lipinski definition) is 4. The second-order valence-corrected chi connectivity index (χ2v) is 4.71. The van der Waals surface area contributed by atoms with Crippen LogP contribution in [0.5, 0.6) is 0 Å². The lowest BCUT2D eigenvalue weighted by Gasteiger charge is -2.25. The van der Waals surface area contributed by atoms with E-state index in [9.17, 15) is 14.0 Å². The van der Waals surface area contributed by atoms with Crippen LogP contribution in [0.25, 0.3) is 0 Å². The summed E-state index contributed by atoms with van der Waals surface area (Å²) in [5, 5.41) is 3.15. The number of hydrogen-bond donors (Lipinski definition) is 3. The number of nitrogens with two attached hydrogens (primary N) is 2. The van der Waals surface area contributed by atoms with Gasteiger partial charge in [-0.15, -0.1) is 0 Å². The van der Waals surface area contributed by atoms with Crippen molar-refractivity contribution in [2.45, 2.75) is 19.9 Å². The van der Waals surface area contributed by atoms with Crippen molar-refractivity contribution in [1.82, 2.24) is 5.32 Å². The van der Waals surface area contributed by atoms with E-state index in [2.05, 4.69) is 5.32 Å². The average molecular weight is 296 g/mol. The molecule has 6 nitrogen and oxygen atoms in total. The number of anilines is 1. The Morgan fingerprint density at radius 3 is 2.38 bits per heavy atom. The van der Waals surface area contributed by atoms with Gasteiger partial charge in [-0.3, -0.25) is 9.59 Å². The minimum Gasteiger partial charge on any atom is -0.368 e. The van der Waals surface area contributed by atoms with Crippen LogP contribution in [0.4, 0.5) is 10.1 Å². The van der Waals surface area contributed by atoms with Crippen molar-refractivity contribution < 1.29 is 14.0 Å². The van der Waals surface area contributed by atoms with Gasteiger partial charge in [0.05, 0.1) is 18.8 Å². The van der Waals surface area contributed by atoms with Crippen molar-refractivity contribution in [2.24, 2.45) is 11.5 Å². The molecule has 0 unspecified atom stereocenters. The molecule has 0 aliphatic heterocycles. The van der Waals surface area contributed by atoms with Gasteiger partial charge in [0.25, 0.3) is 0 Å².